The Hall–Kier alpha value is -3.54. The lowest BCUT2D eigenvalue weighted by Gasteiger charge is -2.12. The quantitative estimate of drug-likeness (QED) is 0.617. The van der Waals surface area contributed by atoms with Crippen molar-refractivity contribution < 1.29 is 23.5 Å². The van der Waals surface area contributed by atoms with Gasteiger partial charge in [0.1, 0.15) is 18.7 Å². The summed E-state index contributed by atoms with van der Waals surface area (Å²) in [4.78, 5) is 23.1. The van der Waals surface area contributed by atoms with E-state index in [9.17, 15) is 9.59 Å². The third-order valence-electron chi connectivity index (χ3n) is 3.91. The number of rotatable bonds is 8. The maximum absolute atomic E-state index is 12.3. The minimum atomic E-state index is -0.193. The van der Waals surface area contributed by atoms with Gasteiger partial charge in [-0.3, -0.25) is 9.59 Å². The number of ether oxygens (including phenoxy) is 2. The maximum Gasteiger partial charge on any atom is 0.251 e. The standard InChI is InChI=1S/C21H19NO5/c1-25-20-11-15(13-23)7-8-19(20)27-14-16-4-2-5-17(10-16)21(24)22-12-18-6-3-9-26-18/h2-11,13H,12,14H2,1H3,(H,22,24). The van der Waals surface area contributed by atoms with Crippen molar-refractivity contribution in [2.45, 2.75) is 13.2 Å². The number of carbonyl (C=O) groups excluding carboxylic acids is 2. The van der Waals surface area contributed by atoms with Crippen molar-refractivity contribution >= 4 is 12.2 Å². The first-order valence-corrected chi connectivity index (χ1v) is 8.35. The summed E-state index contributed by atoms with van der Waals surface area (Å²) >= 11 is 0. The number of nitrogens with one attached hydrogen (secondary N) is 1. The number of furan rings is 1. The molecule has 1 N–H and O–H groups in total. The zero-order chi connectivity index (χ0) is 19.1. The molecule has 0 aliphatic rings. The average molecular weight is 365 g/mol. The topological polar surface area (TPSA) is 77.8 Å². The average Bonchev–Trinajstić information content (AvgIpc) is 3.24. The third-order valence-corrected chi connectivity index (χ3v) is 3.91. The summed E-state index contributed by atoms with van der Waals surface area (Å²) in [5.74, 6) is 1.50. The van der Waals surface area contributed by atoms with Crippen LogP contribution in [-0.2, 0) is 13.2 Å². The van der Waals surface area contributed by atoms with Gasteiger partial charge in [-0.15, -0.1) is 0 Å². The number of amides is 1. The SMILES string of the molecule is COc1cc(C=O)ccc1OCc1cccc(C(=O)NCc2ccco2)c1. The predicted octanol–water partition coefficient (Wildman–Crippen LogP) is 3.61. The first-order chi connectivity index (χ1) is 13.2. The lowest BCUT2D eigenvalue weighted by atomic mass is 10.1. The van der Waals surface area contributed by atoms with Crippen molar-refractivity contribution in [3.8, 4) is 11.5 Å². The second-order valence-corrected chi connectivity index (χ2v) is 5.78. The molecule has 2 aromatic carbocycles. The van der Waals surface area contributed by atoms with Crippen LogP contribution in [0.1, 0.15) is 32.0 Å². The molecule has 1 aromatic heterocycles. The molecule has 0 atom stereocenters. The van der Waals surface area contributed by atoms with Crippen molar-refractivity contribution in [1.82, 2.24) is 5.32 Å². The Morgan fingerprint density at radius 1 is 1.11 bits per heavy atom. The Morgan fingerprint density at radius 2 is 2.00 bits per heavy atom. The van der Waals surface area contributed by atoms with Crippen molar-refractivity contribution in [2.24, 2.45) is 0 Å². The van der Waals surface area contributed by atoms with Crippen LogP contribution in [0.4, 0.5) is 0 Å². The van der Waals surface area contributed by atoms with E-state index in [0.29, 0.717) is 34.9 Å². The summed E-state index contributed by atoms with van der Waals surface area (Å²) in [5.41, 5.74) is 1.88. The maximum atomic E-state index is 12.3. The Balaban J connectivity index is 1.63. The molecule has 0 aliphatic carbocycles. The molecule has 3 rings (SSSR count). The summed E-state index contributed by atoms with van der Waals surface area (Å²) < 4.78 is 16.2. The van der Waals surface area contributed by atoms with Crippen LogP contribution in [-0.4, -0.2) is 19.3 Å². The van der Waals surface area contributed by atoms with Crippen LogP contribution in [0.15, 0.2) is 65.3 Å². The normalized spacial score (nSPS) is 10.3. The van der Waals surface area contributed by atoms with E-state index in [0.717, 1.165) is 11.8 Å². The monoisotopic (exact) mass is 365 g/mol. The highest BCUT2D eigenvalue weighted by atomic mass is 16.5. The van der Waals surface area contributed by atoms with Gasteiger partial charge in [0.25, 0.3) is 5.91 Å². The molecule has 6 heteroatoms. The number of benzene rings is 2. The zero-order valence-corrected chi connectivity index (χ0v) is 14.8. The van der Waals surface area contributed by atoms with Gasteiger partial charge in [0.15, 0.2) is 11.5 Å². The second kappa shape index (κ2) is 8.71. The first kappa shape index (κ1) is 18.3. The second-order valence-electron chi connectivity index (χ2n) is 5.78. The molecule has 0 aliphatic heterocycles. The van der Waals surface area contributed by atoms with Crippen molar-refractivity contribution in [1.29, 1.82) is 0 Å². The van der Waals surface area contributed by atoms with Gasteiger partial charge in [-0.2, -0.15) is 0 Å². The fourth-order valence-electron chi connectivity index (χ4n) is 2.52. The fraction of sp³-hybridized carbons (Fsp3) is 0.143. The largest absolute Gasteiger partial charge is 0.493 e. The van der Waals surface area contributed by atoms with Gasteiger partial charge in [-0.25, -0.2) is 0 Å². The number of hydrogen-bond donors (Lipinski definition) is 1. The number of hydrogen-bond acceptors (Lipinski definition) is 5. The first-order valence-electron chi connectivity index (χ1n) is 8.35. The lowest BCUT2D eigenvalue weighted by molar-refractivity contribution is 0.0947. The molecule has 0 spiro atoms. The molecule has 1 amide bonds. The fourth-order valence-corrected chi connectivity index (χ4v) is 2.52. The highest BCUT2D eigenvalue weighted by Gasteiger charge is 2.09. The molecule has 1 heterocycles. The highest BCUT2D eigenvalue weighted by Crippen LogP contribution is 2.28. The minimum Gasteiger partial charge on any atom is -0.493 e. The van der Waals surface area contributed by atoms with E-state index in [4.69, 9.17) is 13.9 Å². The molecule has 0 radical (unpaired) electrons. The van der Waals surface area contributed by atoms with Gasteiger partial charge in [0.05, 0.1) is 19.9 Å². The molecule has 6 nitrogen and oxygen atoms in total. The molecule has 0 unspecified atom stereocenters. The summed E-state index contributed by atoms with van der Waals surface area (Å²) in [6.07, 6.45) is 2.31. The summed E-state index contributed by atoms with van der Waals surface area (Å²) in [5, 5.41) is 2.81. The van der Waals surface area contributed by atoms with Crippen LogP contribution in [0.25, 0.3) is 0 Å². The molecule has 0 saturated heterocycles. The number of methoxy groups -OCH3 is 1. The van der Waals surface area contributed by atoms with Gasteiger partial charge in [-0.1, -0.05) is 12.1 Å². The molecular formula is C21H19NO5. The van der Waals surface area contributed by atoms with Crippen LogP contribution in [0.2, 0.25) is 0 Å². The van der Waals surface area contributed by atoms with Crippen LogP contribution in [0.5, 0.6) is 11.5 Å². The predicted molar refractivity (Wildman–Crippen MR) is 99.0 cm³/mol. The molecule has 3 aromatic rings. The Morgan fingerprint density at radius 3 is 2.74 bits per heavy atom. The Kier molecular flexibility index (Phi) is 5.89. The van der Waals surface area contributed by atoms with Gasteiger partial charge in [0.2, 0.25) is 0 Å². The zero-order valence-electron chi connectivity index (χ0n) is 14.8. The van der Waals surface area contributed by atoms with Crippen LogP contribution < -0.4 is 14.8 Å². The van der Waals surface area contributed by atoms with E-state index in [1.807, 2.05) is 6.07 Å². The van der Waals surface area contributed by atoms with Gasteiger partial charge in [-0.05, 0) is 48.0 Å². The molecule has 0 bridgehead atoms. The van der Waals surface area contributed by atoms with Crippen LogP contribution >= 0.6 is 0 Å². The van der Waals surface area contributed by atoms with E-state index < -0.39 is 0 Å². The van der Waals surface area contributed by atoms with E-state index >= 15 is 0 Å². The highest BCUT2D eigenvalue weighted by molar-refractivity contribution is 5.94. The summed E-state index contributed by atoms with van der Waals surface area (Å²) in [6, 6.07) is 15.7. The smallest absolute Gasteiger partial charge is 0.251 e. The Labute approximate surface area is 156 Å². The van der Waals surface area contributed by atoms with E-state index in [1.54, 1.807) is 54.8 Å². The van der Waals surface area contributed by atoms with E-state index in [-0.39, 0.29) is 12.5 Å². The van der Waals surface area contributed by atoms with Gasteiger partial charge >= 0.3 is 0 Å². The molecule has 138 valence electrons. The van der Waals surface area contributed by atoms with E-state index in [2.05, 4.69) is 5.32 Å². The van der Waals surface area contributed by atoms with Gasteiger partial charge < -0.3 is 19.2 Å². The molecule has 0 fully saturated rings. The Bertz CT molecular complexity index is 918. The number of aldehydes is 1. The summed E-state index contributed by atoms with van der Waals surface area (Å²) in [6.45, 7) is 0.586. The van der Waals surface area contributed by atoms with Gasteiger partial charge in [0, 0.05) is 11.1 Å². The number of carbonyl (C=O) groups is 2. The molecule has 0 saturated carbocycles. The minimum absolute atomic E-state index is 0.193. The van der Waals surface area contributed by atoms with E-state index in [1.165, 1.54) is 7.11 Å². The molecule has 27 heavy (non-hydrogen) atoms. The van der Waals surface area contributed by atoms with Crippen molar-refractivity contribution in [3.05, 3.63) is 83.3 Å². The van der Waals surface area contributed by atoms with Crippen LogP contribution in [0, 0.1) is 0 Å². The third kappa shape index (κ3) is 4.76. The van der Waals surface area contributed by atoms with Crippen molar-refractivity contribution in [3.63, 3.8) is 0 Å². The molecular weight excluding hydrogens is 346 g/mol. The lowest BCUT2D eigenvalue weighted by Crippen LogP contribution is -2.22. The summed E-state index contributed by atoms with van der Waals surface area (Å²) in [7, 11) is 1.51. The van der Waals surface area contributed by atoms with Crippen LogP contribution in [0.3, 0.4) is 0 Å². The van der Waals surface area contributed by atoms with Crippen molar-refractivity contribution in [2.75, 3.05) is 7.11 Å².